The zero-order valence-electron chi connectivity index (χ0n) is 12.0. The van der Waals surface area contributed by atoms with E-state index in [1.807, 2.05) is 0 Å². The van der Waals surface area contributed by atoms with Gasteiger partial charge >= 0.3 is 6.03 Å². The van der Waals surface area contributed by atoms with Crippen LogP contribution in [-0.4, -0.2) is 23.6 Å². The summed E-state index contributed by atoms with van der Waals surface area (Å²) >= 11 is 6.02. The summed E-state index contributed by atoms with van der Waals surface area (Å²) in [6.07, 6.45) is 0. The van der Waals surface area contributed by atoms with Gasteiger partial charge in [0.2, 0.25) is 0 Å². The van der Waals surface area contributed by atoms with Gasteiger partial charge in [0, 0.05) is 17.6 Å². The number of nitrogens with two attached hydrogens (primary N) is 2. The van der Waals surface area contributed by atoms with Gasteiger partial charge in [-0.05, 0) is 24.3 Å². The van der Waals surface area contributed by atoms with Gasteiger partial charge in [0.05, 0.1) is 18.4 Å². The number of rotatable bonds is 4. The van der Waals surface area contributed by atoms with Gasteiger partial charge in [0.1, 0.15) is 11.6 Å². The first-order valence-corrected chi connectivity index (χ1v) is 6.62. The average Bonchev–Trinajstić information content (AvgIpc) is 2.76. The summed E-state index contributed by atoms with van der Waals surface area (Å²) in [5, 5.41) is 2.89. The van der Waals surface area contributed by atoms with E-state index in [1.165, 1.54) is 7.11 Å². The van der Waals surface area contributed by atoms with Crippen molar-refractivity contribution in [2.75, 3.05) is 12.4 Å². The van der Waals surface area contributed by atoms with E-state index < -0.39 is 11.9 Å². The lowest BCUT2D eigenvalue weighted by molar-refractivity contribution is 0.100. The largest absolute Gasteiger partial charge is 0.496 e. The number of ether oxygens (including phenoxy) is 1. The van der Waals surface area contributed by atoms with E-state index >= 15 is 0 Å². The number of anilines is 1. The van der Waals surface area contributed by atoms with E-state index in [0.29, 0.717) is 22.0 Å². The summed E-state index contributed by atoms with van der Waals surface area (Å²) in [6.45, 7) is 0. The molecule has 0 saturated heterocycles. The maximum Gasteiger partial charge on any atom is 0.317 e. The molecular formula is C14H15ClN4O3. The molecule has 5 N–H and O–H groups in total. The van der Waals surface area contributed by atoms with Gasteiger partial charge in [-0.3, -0.25) is 10.1 Å². The Balaban J connectivity index is 2.69. The molecule has 0 fully saturated rings. The van der Waals surface area contributed by atoms with Crippen LogP contribution in [0.1, 0.15) is 10.4 Å². The minimum absolute atomic E-state index is 0.137. The standard InChI is InChI=1S/C14H15ClN4O3/c1-19-10(8-5-7(15)3-4-11(8)22-2)6-9(12(16)20)13(19)18-14(17)21/h3-6H,1-2H3,(H2,16,20)(H3,17,18,21). The molecule has 8 heteroatoms. The average molecular weight is 323 g/mol. The highest BCUT2D eigenvalue weighted by Gasteiger charge is 2.20. The number of hydrogen-bond donors (Lipinski definition) is 3. The third kappa shape index (κ3) is 2.84. The Kier molecular flexibility index (Phi) is 4.27. The Labute approximate surface area is 131 Å². The molecule has 2 rings (SSSR count). The Bertz CT molecular complexity index is 755. The van der Waals surface area contributed by atoms with Crippen LogP contribution in [0.25, 0.3) is 11.3 Å². The first-order chi connectivity index (χ1) is 10.3. The van der Waals surface area contributed by atoms with Gasteiger partial charge in [0.25, 0.3) is 5.91 Å². The summed E-state index contributed by atoms with van der Waals surface area (Å²) < 4.78 is 6.88. The highest BCUT2D eigenvalue weighted by atomic mass is 35.5. The number of amides is 3. The van der Waals surface area contributed by atoms with Crippen LogP contribution in [0.2, 0.25) is 5.02 Å². The van der Waals surface area contributed by atoms with Crippen LogP contribution in [0.3, 0.4) is 0 Å². The third-order valence-corrected chi connectivity index (χ3v) is 3.41. The maximum atomic E-state index is 11.6. The monoisotopic (exact) mass is 322 g/mol. The Morgan fingerprint density at radius 2 is 1.95 bits per heavy atom. The molecule has 2 aromatic rings. The van der Waals surface area contributed by atoms with Crippen LogP contribution < -0.4 is 21.5 Å². The number of halogens is 1. The van der Waals surface area contributed by atoms with Crippen LogP contribution in [0.4, 0.5) is 10.6 Å². The van der Waals surface area contributed by atoms with Crippen LogP contribution in [0, 0.1) is 0 Å². The topological polar surface area (TPSA) is 112 Å². The predicted octanol–water partition coefficient (Wildman–Crippen LogP) is 1.94. The smallest absolute Gasteiger partial charge is 0.317 e. The SMILES string of the molecule is COc1ccc(Cl)cc1-c1cc(C(N)=O)c(NC(N)=O)n1C. The predicted molar refractivity (Wildman–Crippen MR) is 84.1 cm³/mol. The summed E-state index contributed by atoms with van der Waals surface area (Å²) in [7, 11) is 3.18. The van der Waals surface area contributed by atoms with Crippen molar-refractivity contribution in [1.82, 2.24) is 4.57 Å². The molecular weight excluding hydrogens is 308 g/mol. The van der Waals surface area contributed by atoms with E-state index in [0.717, 1.165) is 0 Å². The number of carbonyl (C=O) groups is 2. The molecule has 0 saturated carbocycles. The van der Waals surface area contributed by atoms with E-state index in [1.54, 1.807) is 35.9 Å². The van der Waals surface area contributed by atoms with Gasteiger partial charge in [-0.15, -0.1) is 0 Å². The van der Waals surface area contributed by atoms with Gasteiger partial charge in [0.15, 0.2) is 0 Å². The number of nitrogens with one attached hydrogen (secondary N) is 1. The number of benzene rings is 1. The highest BCUT2D eigenvalue weighted by molar-refractivity contribution is 6.31. The summed E-state index contributed by atoms with van der Waals surface area (Å²) in [4.78, 5) is 22.7. The summed E-state index contributed by atoms with van der Waals surface area (Å²) in [5.41, 5.74) is 11.9. The zero-order chi connectivity index (χ0) is 16.4. The van der Waals surface area contributed by atoms with Crippen molar-refractivity contribution >= 4 is 29.4 Å². The molecule has 0 unspecified atom stereocenters. The number of hydrogen-bond acceptors (Lipinski definition) is 3. The minimum Gasteiger partial charge on any atom is -0.496 e. The number of carbonyl (C=O) groups excluding carboxylic acids is 2. The van der Waals surface area contributed by atoms with E-state index in [9.17, 15) is 9.59 Å². The van der Waals surface area contributed by atoms with Gasteiger partial charge in [-0.2, -0.15) is 0 Å². The van der Waals surface area contributed by atoms with Crippen LogP contribution in [0.5, 0.6) is 5.75 Å². The molecule has 0 radical (unpaired) electrons. The van der Waals surface area contributed by atoms with Crippen molar-refractivity contribution in [2.24, 2.45) is 18.5 Å². The van der Waals surface area contributed by atoms with Crippen molar-refractivity contribution in [3.8, 4) is 17.0 Å². The molecule has 22 heavy (non-hydrogen) atoms. The second-order valence-electron chi connectivity index (χ2n) is 4.55. The molecule has 116 valence electrons. The highest BCUT2D eigenvalue weighted by Crippen LogP contribution is 2.36. The molecule has 0 spiro atoms. The normalized spacial score (nSPS) is 10.3. The van der Waals surface area contributed by atoms with Crippen LogP contribution >= 0.6 is 11.6 Å². The van der Waals surface area contributed by atoms with Crippen LogP contribution in [0.15, 0.2) is 24.3 Å². The lowest BCUT2D eigenvalue weighted by Gasteiger charge is -2.12. The van der Waals surface area contributed by atoms with Crippen molar-refractivity contribution < 1.29 is 14.3 Å². The molecule has 0 aliphatic heterocycles. The van der Waals surface area contributed by atoms with Crippen molar-refractivity contribution in [2.45, 2.75) is 0 Å². The zero-order valence-corrected chi connectivity index (χ0v) is 12.8. The van der Waals surface area contributed by atoms with Gasteiger partial charge in [-0.1, -0.05) is 11.6 Å². The lowest BCUT2D eigenvalue weighted by Crippen LogP contribution is -2.23. The number of methoxy groups -OCH3 is 1. The minimum atomic E-state index is -0.798. The second kappa shape index (κ2) is 5.98. The number of nitrogens with zero attached hydrogens (tertiary/aromatic N) is 1. The molecule has 3 amide bonds. The second-order valence-corrected chi connectivity index (χ2v) is 4.99. The molecule has 1 aromatic carbocycles. The number of primary amides is 2. The maximum absolute atomic E-state index is 11.6. The molecule has 0 aliphatic rings. The molecule has 7 nitrogen and oxygen atoms in total. The fourth-order valence-corrected chi connectivity index (χ4v) is 2.37. The van der Waals surface area contributed by atoms with Crippen LogP contribution in [-0.2, 0) is 7.05 Å². The van der Waals surface area contributed by atoms with Gasteiger partial charge in [-0.25, -0.2) is 4.79 Å². The van der Waals surface area contributed by atoms with E-state index in [4.69, 9.17) is 27.8 Å². The van der Waals surface area contributed by atoms with Gasteiger partial charge < -0.3 is 20.8 Å². The van der Waals surface area contributed by atoms with Crippen molar-refractivity contribution in [3.05, 3.63) is 34.9 Å². The molecule has 0 aliphatic carbocycles. The summed E-state index contributed by atoms with van der Waals surface area (Å²) in [5.74, 6) is 0.0790. The van der Waals surface area contributed by atoms with Crippen molar-refractivity contribution in [3.63, 3.8) is 0 Å². The van der Waals surface area contributed by atoms with E-state index in [2.05, 4.69) is 5.32 Å². The van der Waals surface area contributed by atoms with Crippen molar-refractivity contribution in [1.29, 1.82) is 0 Å². The molecule has 0 bridgehead atoms. The molecule has 1 heterocycles. The molecule has 1 aromatic heterocycles. The fraction of sp³-hybridized carbons (Fsp3) is 0.143. The molecule has 0 atom stereocenters. The number of aromatic nitrogens is 1. The Hall–Kier alpha value is -2.67. The van der Waals surface area contributed by atoms with E-state index in [-0.39, 0.29) is 11.4 Å². The summed E-state index contributed by atoms with van der Waals surface area (Å²) in [6, 6.07) is 5.82. The number of urea groups is 1. The third-order valence-electron chi connectivity index (χ3n) is 3.18. The lowest BCUT2D eigenvalue weighted by atomic mass is 10.1. The Morgan fingerprint density at radius 1 is 1.27 bits per heavy atom. The Morgan fingerprint density at radius 3 is 2.50 bits per heavy atom. The quantitative estimate of drug-likeness (QED) is 0.799. The first kappa shape index (κ1) is 15.7. The first-order valence-electron chi connectivity index (χ1n) is 6.25. The fourth-order valence-electron chi connectivity index (χ4n) is 2.20.